The van der Waals surface area contributed by atoms with E-state index in [0.29, 0.717) is 16.8 Å². The topological polar surface area (TPSA) is 143 Å². The summed E-state index contributed by atoms with van der Waals surface area (Å²) in [6, 6.07) is 35.0. The van der Waals surface area contributed by atoms with Crippen LogP contribution in [0.15, 0.2) is 132 Å². The minimum atomic E-state index is -4.33. The Morgan fingerprint density at radius 1 is 0.723 bits per heavy atom. The predicted molar refractivity (Wildman–Crippen MR) is 183 cm³/mol. The van der Waals surface area contributed by atoms with Gasteiger partial charge in [0.15, 0.2) is 5.11 Å². The molecule has 10 nitrogen and oxygen atoms in total. The van der Waals surface area contributed by atoms with Gasteiger partial charge in [-0.1, -0.05) is 91.0 Å². The number of amides is 3. The van der Waals surface area contributed by atoms with Crippen molar-refractivity contribution < 1.29 is 27.5 Å². The molecule has 0 saturated carbocycles. The fourth-order valence-electron chi connectivity index (χ4n) is 4.61. The van der Waals surface area contributed by atoms with Crippen LogP contribution >= 0.6 is 12.2 Å². The smallest absolute Gasteiger partial charge is 0.408 e. The van der Waals surface area contributed by atoms with Crippen LogP contribution in [0, 0.1) is 0 Å². The molecular weight excluding hydrogens is 637 g/mol. The summed E-state index contributed by atoms with van der Waals surface area (Å²) in [5.41, 5.74) is 2.28. The third kappa shape index (κ3) is 9.22. The highest BCUT2D eigenvalue weighted by molar-refractivity contribution is 7.90. The first-order chi connectivity index (χ1) is 22.7. The predicted octanol–water partition coefficient (Wildman–Crippen LogP) is 5.31. The number of alkyl carbamates (subject to hydrolysis) is 1. The van der Waals surface area contributed by atoms with Gasteiger partial charge in [0.2, 0.25) is 0 Å². The second kappa shape index (κ2) is 15.1. The standard InChI is InChI=1S/C35H30N4O6S2/c40-32(28-16-15-26-13-7-8-14-27(26)22-28)38-34(46)36-29-17-19-30(20-18-29)47(43,44)39-33(41)31(21-24-9-3-1-4-10-24)37-35(42)45-23-25-11-5-2-6-12-25/h1-20,22,31H,21,23H2,(H,37,42)(H,39,41)(H2,36,38,40,46)/t31-/m0/s1. The van der Waals surface area contributed by atoms with Crippen molar-refractivity contribution >= 4 is 61.7 Å². The number of anilines is 1. The van der Waals surface area contributed by atoms with Crippen LogP contribution in [-0.4, -0.2) is 37.5 Å². The molecule has 0 saturated heterocycles. The van der Waals surface area contributed by atoms with Crippen LogP contribution in [0.25, 0.3) is 10.8 Å². The van der Waals surface area contributed by atoms with Crippen LogP contribution in [-0.2, 0) is 32.6 Å². The SMILES string of the molecule is O=C(N[C@@H](Cc1ccccc1)C(=O)NS(=O)(=O)c1ccc(NC(=S)NC(=O)c2ccc3ccccc3c2)cc1)OCc1ccccc1. The lowest BCUT2D eigenvalue weighted by atomic mass is 10.1. The van der Waals surface area contributed by atoms with E-state index in [1.807, 2.05) is 41.1 Å². The number of nitrogens with one attached hydrogen (secondary N) is 4. The maximum atomic E-state index is 13.2. The van der Waals surface area contributed by atoms with E-state index in [1.165, 1.54) is 24.3 Å². The molecule has 5 rings (SSSR count). The van der Waals surface area contributed by atoms with E-state index in [-0.39, 0.29) is 23.0 Å². The first-order valence-corrected chi connectivity index (χ1v) is 16.3. The number of hydrogen-bond acceptors (Lipinski definition) is 7. The lowest BCUT2D eigenvalue weighted by molar-refractivity contribution is -0.121. The van der Waals surface area contributed by atoms with Crippen molar-refractivity contribution in [2.45, 2.75) is 24.0 Å². The summed E-state index contributed by atoms with van der Waals surface area (Å²) < 4.78 is 33.6. The Morgan fingerprint density at radius 2 is 1.34 bits per heavy atom. The van der Waals surface area contributed by atoms with Crippen LogP contribution in [0.3, 0.4) is 0 Å². The molecule has 0 aromatic heterocycles. The van der Waals surface area contributed by atoms with E-state index in [4.69, 9.17) is 17.0 Å². The Morgan fingerprint density at radius 3 is 2.02 bits per heavy atom. The molecule has 0 unspecified atom stereocenters. The number of fused-ring (bicyclic) bond motifs is 1. The molecule has 0 aliphatic heterocycles. The third-order valence-electron chi connectivity index (χ3n) is 7.00. The summed E-state index contributed by atoms with van der Waals surface area (Å²) in [6.45, 7) is -0.0262. The Kier molecular flexibility index (Phi) is 10.6. The van der Waals surface area contributed by atoms with Gasteiger partial charge < -0.3 is 15.4 Å². The zero-order valence-electron chi connectivity index (χ0n) is 24.9. The molecule has 12 heteroatoms. The Bertz CT molecular complexity index is 2010. The van der Waals surface area contributed by atoms with Crippen molar-refractivity contribution in [1.29, 1.82) is 0 Å². The molecule has 0 fully saturated rings. The zero-order chi connectivity index (χ0) is 33.2. The maximum Gasteiger partial charge on any atom is 0.408 e. The summed E-state index contributed by atoms with van der Waals surface area (Å²) in [4.78, 5) is 38.3. The average Bonchev–Trinajstić information content (AvgIpc) is 3.07. The number of sulfonamides is 1. The number of benzene rings is 5. The lowest BCUT2D eigenvalue weighted by Gasteiger charge is -2.19. The van der Waals surface area contributed by atoms with Crippen molar-refractivity contribution in [3.63, 3.8) is 0 Å². The van der Waals surface area contributed by atoms with Crippen LogP contribution in [0.2, 0.25) is 0 Å². The average molecular weight is 667 g/mol. The molecule has 4 N–H and O–H groups in total. The second-order valence-corrected chi connectivity index (χ2v) is 12.5. The van der Waals surface area contributed by atoms with Gasteiger partial charge in [-0.05, 0) is 70.5 Å². The molecular formula is C35H30N4O6S2. The summed E-state index contributed by atoms with van der Waals surface area (Å²) in [5, 5.41) is 9.86. The van der Waals surface area contributed by atoms with Crippen molar-refractivity contribution in [3.8, 4) is 0 Å². The second-order valence-electron chi connectivity index (χ2n) is 10.4. The number of carbonyl (C=O) groups is 3. The summed E-state index contributed by atoms with van der Waals surface area (Å²) in [6.07, 6.45) is -0.852. The summed E-state index contributed by atoms with van der Waals surface area (Å²) >= 11 is 5.27. The van der Waals surface area contributed by atoms with Gasteiger partial charge in [0, 0.05) is 17.7 Å². The largest absolute Gasteiger partial charge is 0.445 e. The number of carbonyl (C=O) groups excluding carboxylic acids is 3. The molecule has 0 spiro atoms. The summed E-state index contributed by atoms with van der Waals surface area (Å²) in [7, 11) is -4.33. The third-order valence-corrected chi connectivity index (χ3v) is 8.57. The molecule has 1 atom stereocenters. The van der Waals surface area contributed by atoms with Gasteiger partial charge >= 0.3 is 6.09 Å². The summed E-state index contributed by atoms with van der Waals surface area (Å²) in [5.74, 6) is -1.34. The molecule has 3 amide bonds. The van der Waals surface area contributed by atoms with Crippen molar-refractivity contribution in [3.05, 3.63) is 144 Å². The number of rotatable bonds is 10. The minimum Gasteiger partial charge on any atom is -0.445 e. The Hall–Kier alpha value is -5.59. The van der Waals surface area contributed by atoms with Crippen LogP contribution in [0.1, 0.15) is 21.5 Å². The first kappa shape index (κ1) is 32.8. The molecule has 5 aromatic carbocycles. The van der Waals surface area contributed by atoms with E-state index in [2.05, 4.69) is 16.0 Å². The minimum absolute atomic E-state index is 0.0149. The fourth-order valence-corrected chi connectivity index (χ4v) is 5.84. The maximum absolute atomic E-state index is 13.2. The molecule has 47 heavy (non-hydrogen) atoms. The number of hydrogen-bond donors (Lipinski definition) is 4. The van der Waals surface area contributed by atoms with Gasteiger partial charge in [-0.15, -0.1) is 0 Å². The van der Waals surface area contributed by atoms with E-state index in [0.717, 1.165) is 16.3 Å². The molecule has 0 aliphatic carbocycles. The van der Waals surface area contributed by atoms with Gasteiger partial charge in [-0.25, -0.2) is 17.9 Å². The Labute approximate surface area is 277 Å². The van der Waals surface area contributed by atoms with E-state index in [1.54, 1.807) is 66.7 Å². The molecule has 0 radical (unpaired) electrons. The molecule has 0 bridgehead atoms. The zero-order valence-corrected chi connectivity index (χ0v) is 26.5. The Balaban J connectivity index is 1.20. The molecule has 5 aromatic rings. The van der Waals surface area contributed by atoms with Gasteiger partial charge in [0.05, 0.1) is 4.90 Å². The van der Waals surface area contributed by atoms with Crippen LogP contribution in [0.5, 0.6) is 0 Å². The van der Waals surface area contributed by atoms with E-state index < -0.39 is 34.0 Å². The molecule has 0 heterocycles. The van der Waals surface area contributed by atoms with Gasteiger partial charge in [0.25, 0.3) is 21.8 Å². The highest BCUT2D eigenvalue weighted by Crippen LogP contribution is 2.17. The van der Waals surface area contributed by atoms with E-state index in [9.17, 15) is 22.8 Å². The van der Waals surface area contributed by atoms with Crippen LogP contribution < -0.4 is 20.7 Å². The highest BCUT2D eigenvalue weighted by Gasteiger charge is 2.27. The lowest BCUT2D eigenvalue weighted by Crippen LogP contribution is -2.49. The van der Waals surface area contributed by atoms with Crippen LogP contribution in [0.4, 0.5) is 10.5 Å². The quantitative estimate of drug-likeness (QED) is 0.147. The molecule has 0 aliphatic rings. The van der Waals surface area contributed by atoms with Crippen molar-refractivity contribution in [2.24, 2.45) is 0 Å². The van der Waals surface area contributed by atoms with Crippen molar-refractivity contribution in [2.75, 3.05) is 5.32 Å². The van der Waals surface area contributed by atoms with Gasteiger partial charge in [0.1, 0.15) is 12.6 Å². The number of ether oxygens (including phenoxy) is 1. The normalized spacial score (nSPS) is 11.6. The van der Waals surface area contributed by atoms with Gasteiger partial charge in [-0.3, -0.25) is 14.9 Å². The fraction of sp³-hybridized carbons (Fsp3) is 0.0857. The molecule has 238 valence electrons. The van der Waals surface area contributed by atoms with E-state index >= 15 is 0 Å². The number of thiocarbonyl (C=S) groups is 1. The monoisotopic (exact) mass is 666 g/mol. The first-order valence-electron chi connectivity index (χ1n) is 14.5. The highest BCUT2D eigenvalue weighted by atomic mass is 32.2. The van der Waals surface area contributed by atoms with Crippen molar-refractivity contribution in [1.82, 2.24) is 15.4 Å². The van der Waals surface area contributed by atoms with Gasteiger partial charge in [-0.2, -0.15) is 0 Å².